The second-order valence-corrected chi connectivity index (χ2v) is 13.7. The third-order valence-corrected chi connectivity index (χ3v) is 10.5. The number of oxazole rings is 1. The zero-order valence-electron chi connectivity index (χ0n) is 29.5. The zero-order chi connectivity index (χ0) is 36.3. The molecule has 3 aromatic heterocycles. The molecule has 6 heterocycles. The molecule has 3 atom stereocenters. The Labute approximate surface area is 306 Å². The number of aromatic amines is 2. The summed E-state index contributed by atoms with van der Waals surface area (Å²) in [6, 6.07) is 15.6. The summed E-state index contributed by atoms with van der Waals surface area (Å²) in [6.45, 7) is 2.14. The summed E-state index contributed by atoms with van der Waals surface area (Å²) in [5, 5.41) is 2.74. The molecule has 8 rings (SSSR count). The van der Waals surface area contributed by atoms with Crippen molar-refractivity contribution in [1.29, 1.82) is 0 Å². The molecule has 0 aliphatic carbocycles. The van der Waals surface area contributed by atoms with Crippen molar-refractivity contribution in [3.8, 4) is 33.6 Å². The first-order valence-corrected chi connectivity index (χ1v) is 18.2. The summed E-state index contributed by atoms with van der Waals surface area (Å²) in [7, 11) is 1.30. The monoisotopic (exact) mass is 718 g/mol. The average molecular weight is 719 g/mol. The van der Waals surface area contributed by atoms with Crippen LogP contribution < -0.4 is 5.32 Å². The van der Waals surface area contributed by atoms with E-state index in [-0.39, 0.29) is 29.7 Å². The molecule has 274 valence electrons. The van der Waals surface area contributed by atoms with Crippen LogP contribution >= 0.6 is 0 Å². The van der Waals surface area contributed by atoms with Gasteiger partial charge in [-0.25, -0.2) is 19.7 Å². The number of fused-ring (bicyclic) bond motifs is 4. The second kappa shape index (κ2) is 15.1. The molecule has 53 heavy (non-hydrogen) atoms. The van der Waals surface area contributed by atoms with E-state index >= 15 is 0 Å². The van der Waals surface area contributed by atoms with Crippen molar-refractivity contribution >= 4 is 17.9 Å². The summed E-state index contributed by atoms with van der Waals surface area (Å²) in [6.07, 6.45) is 9.27. The standard InChI is InChI=1S/C39H42N8O6/c1-51-39(50)44-28-6-2-3-19-52-22-30-34(45-36(43-30)32-8-5-17-46(32)37(28)48)27-15-11-25(12-16-27)24-9-13-26(14-10-24)29-20-41-35(42-29)31-7-4-18-47(31)38(49)33-21-40-23-53-33/h9-16,20-21,23,28,31-32H,2-8,17-19,22H2,1H3,(H,41,42)(H,43,45)(H,44,50)/t28-,31-,32-/m0/s1. The highest BCUT2D eigenvalue weighted by Gasteiger charge is 2.37. The summed E-state index contributed by atoms with van der Waals surface area (Å²) >= 11 is 0. The normalized spacial score (nSPS) is 20.7. The maximum Gasteiger partial charge on any atom is 0.407 e. The van der Waals surface area contributed by atoms with Crippen LogP contribution in [0.25, 0.3) is 33.6 Å². The van der Waals surface area contributed by atoms with Crippen molar-refractivity contribution in [1.82, 2.24) is 40.0 Å². The molecule has 0 unspecified atom stereocenters. The lowest BCUT2D eigenvalue weighted by atomic mass is 10.0. The Bertz CT molecular complexity index is 2060. The van der Waals surface area contributed by atoms with E-state index < -0.39 is 12.1 Å². The zero-order valence-corrected chi connectivity index (χ0v) is 29.5. The smallest absolute Gasteiger partial charge is 0.407 e. The van der Waals surface area contributed by atoms with Crippen LogP contribution in [0.4, 0.5) is 4.79 Å². The lowest BCUT2D eigenvalue weighted by Crippen LogP contribution is -2.48. The van der Waals surface area contributed by atoms with Crippen LogP contribution in [0.1, 0.15) is 84.9 Å². The van der Waals surface area contributed by atoms with Gasteiger partial charge in [-0.1, -0.05) is 48.5 Å². The molecule has 2 aromatic carbocycles. The van der Waals surface area contributed by atoms with E-state index in [9.17, 15) is 14.4 Å². The van der Waals surface area contributed by atoms with Crippen molar-refractivity contribution in [3.05, 3.63) is 90.4 Å². The van der Waals surface area contributed by atoms with Crippen molar-refractivity contribution < 1.29 is 28.3 Å². The highest BCUT2D eigenvalue weighted by Crippen LogP contribution is 2.36. The predicted octanol–water partition coefficient (Wildman–Crippen LogP) is 6.19. The average Bonchev–Trinajstić information content (AvgIpc) is 4.04. The Morgan fingerprint density at radius 2 is 1.58 bits per heavy atom. The molecule has 0 spiro atoms. The minimum absolute atomic E-state index is 0.114. The molecule has 0 radical (unpaired) electrons. The van der Waals surface area contributed by atoms with Crippen molar-refractivity contribution in [2.24, 2.45) is 0 Å². The number of nitrogens with zero attached hydrogens (tertiary/aromatic N) is 5. The van der Waals surface area contributed by atoms with Gasteiger partial charge in [0, 0.05) is 25.3 Å². The number of hydrogen-bond acceptors (Lipinski definition) is 9. The minimum Gasteiger partial charge on any atom is -0.453 e. The molecule has 3 N–H and O–H groups in total. The van der Waals surface area contributed by atoms with Gasteiger partial charge in [-0.05, 0) is 61.6 Å². The molecule has 14 heteroatoms. The number of carbonyl (C=O) groups is 3. The number of H-pyrrole nitrogens is 2. The molecule has 3 aliphatic heterocycles. The third kappa shape index (κ3) is 7.06. The fraction of sp³-hybridized carbons (Fsp3) is 0.385. The quantitative estimate of drug-likeness (QED) is 0.185. The first-order chi connectivity index (χ1) is 26.0. The molecule has 14 nitrogen and oxygen atoms in total. The highest BCUT2D eigenvalue weighted by atomic mass is 16.5. The maximum absolute atomic E-state index is 13.7. The second-order valence-electron chi connectivity index (χ2n) is 13.7. The number of likely N-dealkylation sites (tertiary alicyclic amines) is 1. The van der Waals surface area contributed by atoms with Gasteiger partial charge in [0.2, 0.25) is 11.7 Å². The van der Waals surface area contributed by atoms with Crippen LogP contribution in [-0.2, 0) is 20.9 Å². The first-order valence-electron chi connectivity index (χ1n) is 18.2. The van der Waals surface area contributed by atoms with Crippen LogP contribution in [-0.4, -0.2) is 85.5 Å². The SMILES string of the molecule is COC(=O)N[C@H]1CCCCOCc2[nH]c(nc2-c2ccc(-c3ccc(-c4cnc([C@@H]5CCCN5C(=O)c5cnco5)[nH]4)cc3)cc2)[C@@H]2CCCN2C1=O. The Hall–Kier alpha value is -5.76. The number of nitrogens with one attached hydrogen (secondary N) is 3. The summed E-state index contributed by atoms with van der Waals surface area (Å²) < 4.78 is 16.1. The number of rotatable bonds is 6. The van der Waals surface area contributed by atoms with Gasteiger partial charge >= 0.3 is 6.09 Å². The predicted molar refractivity (Wildman–Crippen MR) is 193 cm³/mol. The van der Waals surface area contributed by atoms with Gasteiger partial charge in [-0.15, -0.1) is 0 Å². The lowest BCUT2D eigenvalue weighted by molar-refractivity contribution is -0.134. The number of imidazole rings is 2. The van der Waals surface area contributed by atoms with E-state index in [0.29, 0.717) is 32.7 Å². The van der Waals surface area contributed by atoms with Crippen LogP contribution in [0.2, 0.25) is 0 Å². The van der Waals surface area contributed by atoms with E-state index in [1.807, 2.05) is 11.1 Å². The van der Waals surface area contributed by atoms with E-state index in [4.69, 9.17) is 18.9 Å². The number of carbonyl (C=O) groups excluding carboxylic acids is 3. The number of aromatic nitrogens is 5. The molecule has 2 saturated heterocycles. The molecule has 5 aromatic rings. The Kier molecular flexibility index (Phi) is 9.76. The molecule has 3 aliphatic rings. The lowest BCUT2D eigenvalue weighted by Gasteiger charge is -2.28. The van der Waals surface area contributed by atoms with E-state index in [1.165, 1.54) is 19.7 Å². The van der Waals surface area contributed by atoms with Gasteiger partial charge in [0.25, 0.3) is 5.91 Å². The summed E-state index contributed by atoms with van der Waals surface area (Å²) in [4.78, 5) is 62.9. The number of amides is 3. The largest absolute Gasteiger partial charge is 0.453 e. The van der Waals surface area contributed by atoms with Gasteiger partial charge in [-0.2, -0.15) is 0 Å². The number of ether oxygens (including phenoxy) is 2. The van der Waals surface area contributed by atoms with E-state index in [2.05, 4.69) is 73.8 Å². The Morgan fingerprint density at radius 1 is 0.849 bits per heavy atom. The van der Waals surface area contributed by atoms with Crippen molar-refractivity contribution in [3.63, 3.8) is 0 Å². The topological polar surface area (TPSA) is 172 Å². The number of benzene rings is 2. The molecule has 3 amide bonds. The summed E-state index contributed by atoms with van der Waals surface area (Å²) in [5.41, 5.74) is 6.64. The fourth-order valence-electron chi connectivity index (χ4n) is 7.70. The third-order valence-electron chi connectivity index (χ3n) is 10.5. The minimum atomic E-state index is -0.664. The molecular weight excluding hydrogens is 676 g/mol. The number of hydrogen-bond donors (Lipinski definition) is 3. The Morgan fingerprint density at radius 3 is 2.34 bits per heavy atom. The van der Waals surface area contributed by atoms with Gasteiger partial charge in [0.1, 0.15) is 17.7 Å². The van der Waals surface area contributed by atoms with E-state index in [1.54, 1.807) is 4.90 Å². The van der Waals surface area contributed by atoms with Gasteiger partial charge in [0.05, 0.1) is 55.3 Å². The molecule has 0 saturated carbocycles. The molecule has 2 bridgehead atoms. The van der Waals surface area contributed by atoms with Gasteiger partial charge in [-0.3, -0.25) is 9.59 Å². The van der Waals surface area contributed by atoms with Crippen LogP contribution in [0.3, 0.4) is 0 Å². The highest BCUT2D eigenvalue weighted by molar-refractivity contribution is 5.91. The molecular formula is C39H42N8O6. The molecule has 2 fully saturated rings. The van der Waals surface area contributed by atoms with E-state index in [0.717, 1.165) is 89.5 Å². The van der Waals surface area contributed by atoms with Crippen LogP contribution in [0, 0.1) is 0 Å². The summed E-state index contributed by atoms with van der Waals surface area (Å²) in [5.74, 6) is 1.42. The number of alkyl carbamates (subject to hydrolysis) is 1. The van der Waals surface area contributed by atoms with Gasteiger partial charge in [0.15, 0.2) is 6.39 Å². The van der Waals surface area contributed by atoms with Crippen molar-refractivity contribution in [2.75, 3.05) is 26.8 Å². The first kappa shape index (κ1) is 34.3. The maximum atomic E-state index is 13.7. The van der Waals surface area contributed by atoms with Crippen molar-refractivity contribution in [2.45, 2.75) is 69.7 Å². The van der Waals surface area contributed by atoms with Crippen LogP contribution in [0.5, 0.6) is 0 Å². The van der Waals surface area contributed by atoms with Gasteiger partial charge < -0.3 is 39.0 Å². The van der Waals surface area contributed by atoms with Crippen LogP contribution in [0.15, 0.2) is 71.7 Å². The Balaban J connectivity index is 0.984. The fourth-order valence-corrected chi connectivity index (χ4v) is 7.70. The number of methoxy groups -OCH3 is 1.